The number of hydrogen-bond acceptors (Lipinski definition) is 3. The molecule has 1 N–H and O–H groups in total. The maximum Gasteiger partial charge on any atom is 0.124 e. The first kappa shape index (κ1) is 10.5. The van der Waals surface area contributed by atoms with Crippen LogP contribution >= 0.6 is 0 Å². The molecule has 1 aliphatic carbocycles. The van der Waals surface area contributed by atoms with Crippen LogP contribution in [0.15, 0.2) is 35.1 Å². The van der Waals surface area contributed by atoms with Crippen molar-refractivity contribution in [1.29, 1.82) is 0 Å². The highest BCUT2D eigenvalue weighted by atomic mass is 16.5. The monoisotopic (exact) mass is 228 g/mol. The predicted molar refractivity (Wildman–Crippen MR) is 65.5 cm³/mol. The van der Waals surface area contributed by atoms with Gasteiger partial charge in [0.05, 0.1) is 5.69 Å². The third kappa shape index (κ3) is 2.39. The first-order chi connectivity index (χ1) is 8.42. The van der Waals surface area contributed by atoms with Gasteiger partial charge in [-0.1, -0.05) is 23.4 Å². The lowest BCUT2D eigenvalue weighted by Crippen LogP contribution is -2.13. The van der Waals surface area contributed by atoms with E-state index in [1.54, 1.807) is 6.26 Å². The van der Waals surface area contributed by atoms with E-state index in [4.69, 9.17) is 4.52 Å². The normalized spacial score (nSPS) is 13.9. The van der Waals surface area contributed by atoms with Crippen LogP contribution in [0.3, 0.4) is 0 Å². The molecule has 0 aliphatic heterocycles. The molecule has 0 spiro atoms. The van der Waals surface area contributed by atoms with Gasteiger partial charge in [-0.3, -0.25) is 0 Å². The molecule has 0 unspecified atom stereocenters. The largest absolute Gasteiger partial charge is 0.364 e. The van der Waals surface area contributed by atoms with Gasteiger partial charge >= 0.3 is 0 Å². The van der Waals surface area contributed by atoms with Gasteiger partial charge in [-0.05, 0) is 36.0 Å². The summed E-state index contributed by atoms with van der Waals surface area (Å²) in [6.07, 6.45) is 5.41. The smallest absolute Gasteiger partial charge is 0.124 e. The lowest BCUT2D eigenvalue weighted by Gasteiger charge is -2.05. The van der Waals surface area contributed by atoms with Crippen molar-refractivity contribution in [3.8, 4) is 0 Å². The van der Waals surface area contributed by atoms with E-state index in [0.29, 0.717) is 0 Å². The first-order valence-corrected chi connectivity index (χ1v) is 6.12. The molecule has 0 saturated heterocycles. The number of fused-ring (bicyclic) bond motifs is 1. The number of nitrogens with one attached hydrogen (secondary N) is 1. The van der Waals surface area contributed by atoms with Crippen LogP contribution in [0.4, 0.5) is 0 Å². The molecule has 0 saturated carbocycles. The van der Waals surface area contributed by atoms with Gasteiger partial charge in [-0.2, -0.15) is 0 Å². The predicted octanol–water partition coefficient (Wildman–Crippen LogP) is 2.45. The zero-order chi connectivity index (χ0) is 11.5. The first-order valence-electron chi connectivity index (χ1n) is 6.12. The molecule has 3 heteroatoms. The van der Waals surface area contributed by atoms with E-state index in [9.17, 15) is 0 Å². The highest BCUT2D eigenvalue weighted by Gasteiger charge is 2.10. The van der Waals surface area contributed by atoms with Crippen molar-refractivity contribution in [1.82, 2.24) is 10.5 Å². The zero-order valence-electron chi connectivity index (χ0n) is 9.78. The Kier molecular flexibility index (Phi) is 2.92. The molecule has 0 atom stereocenters. The van der Waals surface area contributed by atoms with E-state index >= 15 is 0 Å². The van der Waals surface area contributed by atoms with Crippen molar-refractivity contribution >= 4 is 0 Å². The second kappa shape index (κ2) is 4.72. The van der Waals surface area contributed by atoms with Crippen LogP contribution in [0.1, 0.15) is 28.8 Å². The summed E-state index contributed by atoms with van der Waals surface area (Å²) in [6, 6.07) is 8.71. The summed E-state index contributed by atoms with van der Waals surface area (Å²) in [4.78, 5) is 0. The van der Waals surface area contributed by atoms with Crippen molar-refractivity contribution in [3.05, 3.63) is 52.9 Å². The third-order valence-corrected chi connectivity index (χ3v) is 3.29. The number of hydrogen-bond donors (Lipinski definition) is 1. The molecular weight excluding hydrogens is 212 g/mol. The zero-order valence-corrected chi connectivity index (χ0v) is 9.78. The number of benzene rings is 1. The van der Waals surface area contributed by atoms with Crippen LogP contribution in [-0.4, -0.2) is 5.16 Å². The quantitative estimate of drug-likeness (QED) is 0.873. The van der Waals surface area contributed by atoms with E-state index in [2.05, 4.69) is 28.7 Å². The highest BCUT2D eigenvalue weighted by molar-refractivity contribution is 5.35. The number of aromatic nitrogens is 1. The van der Waals surface area contributed by atoms with Crippen LogP contribution in [0.2, 0.25) is 0 Å². The van der Waals surface area contributed by atoms with Gasteiger partial charge in [-0.25, -0.2) is 0 Å². The molecule has 3 rings (SSSR count). The van der Waals surface area contributed by atoms with E-state index in [0.717, 1.165) is 18.8 Å². The Labute approximate surface area is 101 Å². The molecular formula is C14H16N2O. The summed E-state index contributed by atoms with van der Waals surface area (Å²) < 4.78 is 4.79. The second-order valence-electron chi connectivity index (χ2n) is 4.55. The van der Waals surface area contributed by atoms with E-state index in [-0.39, 0.29) is 0 Å². The van der Waals surface area contributed by atoms with E-state index in [1.165, 1.54) is 36.0 Å². The minimum Gasteiger partial charge on any atom is -0.364 e. The summed E-state index contributed by atoms with van der Waals surface area (Å²) in [7, 11) is 0. The van der Waals surface area contributed by atoms with Crippen LogP contribution in [0, 0.1) is 0 Å². The van der Waals surface area contributed by atoms with Gasteiger partial charge in [0, 0.05) is 19.2 Å². The Hall–Kier alpha value is -1.61. The van der Waals surface area contributed by atoms with Crippen LogP contribution < -0.4 is 5.32 Å². The Morgan fingerprint density at radius 1 is 1.12 bits per heavy atom. The number of aryl methyl sites for hydroxylation is 2. The Morgan fingerprint density at radius 3 is 2.94 bits per heavy atom. The summed E-state index contributed by atoms with van der Waals surface area (Å²) in [6.45, 7) is 1.65. The van der Waals surface area contributed by atoms with Crippen molar-refractivity contribution in [3.63, 3.8) is 0 Å². The summed E-state index contributed by atoms with van der Waals surface area (Å²) >= 11 is 0. The summed E-state index contributed by atoms with van der Waals surface area (Å²) in [5, 5.41) is 7.24. The van der Waals surface area contributed by atoms with Gasteiger partial charge in [0.25, 0.3) is 0 Å². The van der Waals surface area contributed by atoms with E-state index < -0.39 is 0 Å². The Morgan fingerprint density at radius 2 is 2.06 bits per heavy atom. The van der Waals surface area contributed by atoms with Crippen LogP contribution in [-0.2, 0) is 25.9 Å². The maximum absolute atomic E-state index is 4.79. The van der Waals surface area contributed by atoms with Gasteiger partial charge < -0.3 is 9.84 Å². The van der Waals surface area contributed by atoms with Gasteiger partial charge in [0.2, 0.25) is 0 Å². The number of nitrogens with zero attached hydrogens (tertiary/aromatic N) is 1. The minimum absolute atomic E-state index is 0.758. The van der Waals surface area contributed by atoms with Crippen LogP contribution in [0.5, 0.6) is 0 Å². The summed E-state index contributed by atoms with van der Waals surface area (Å²) in [5.41, 5.74) is 5.37. The van der Waals surface area contributed by atoms with Crippen molar-refractivity contribution < 1.29 is 4.52 Å². The fourth-order valence-electron chi connectivity index (χ4n) is 2.40. The van der Waals surface area contributed by atoms with Crippen molar-refractivity contribution in [2.24, 2.45) is 0 Å². The van der Waals surface area contributed by atoms with Gasteiger partial charge in [0.1, 0.15) is 6.26 Å². The minimum atomic E-state index is 0.758. The molecule has 3 nitrogen and oxygen atoms in total. The molecule has 88 valence electrons. The highest BCUT2D eigenvalue weighted by Crippen LogP contribution is 2.22. The van der Waals surface area contributed by atoms with Crippen molar-refractivity contribution in [2.75, 3.05) is 0 Å². The average Bonchev–Trinajstić information content (AvgIpc) is 2.98. The maximum atomic E-state index is 4.79. The lowest BCUT2D eigenvalue weighted by atomic mass is 10.1. The Bertz CT molecular complexity index is 491. The topological polar surface area (TPSA) is 38.1 Å². The second-order valence-corrected chi connectivity index (χ2v) is 4.55. The molecule has 0 fully saturated rings. The van der Waals surface area contributed by atoms with E-state index in [1.807, 2.05) is 6.07 Å². The molecule has 1 aliphatic rings. The van der Waals surface area contributed by atoms with Crippen LogP contribution in [0.25, 0.3) is 0 Å². The molecule has 0 bridgehead atoms. The summed E-state index contributed by atoms with van der Waals surface area (Å²) in [5.74, 6) is 0. The molecule has 1 aromatic heterocycles. The molecule has 0 radical (unpaired) electrons. The van der Waals surface area contributed by atoms with Gasteiger partial charge in [0.15, 0.2) is 0 Å². The fourth-order valence-corrected chi connectivity index (χ4v) is 2.40. The Balaban J connectivity index is 1.58. The number of rotatable bonds is 4. The standard InChI is InChI=1S/C14H16N2O/c1-2-12-5-4-11(8-13(12)3-1)9-15-10-14-6-7-17-16-14/h4-8,15H,1-3,9-10H2. The molecule has 1 aromatic carbocycles. The lowest BCUT2D eigenvalue weighted by molar-refractivity contribution is 0.408. The SMILES string of the molecule is c1cc(CNCc2ccc3c(c2)CCC3)no1. The molecule has 0 amide bonds. The fraction of sp³-hybridized carbons (Fsp3) is 0.357. The molecule has 17 heavy (non-hydrogen) atoms. The molecule has 1 heterocycles. The van der Waals surface area contributed by atoms with Gasteiger partial charge in [-0.15, -0.1) is 0 Å². The average molecular weight is 228 g/mol. The molecule has 2 aromatic rings. The van der Waals surface area contributed by atoms with Crippen molar-refractivity contribution in [2.45, 2.75) is 32.4 Å². The third-order valence-electron chi connectivity index (χ3n) is 3.29.